The van der Waals surface area contributed by atoms with Gasteiger partial charge in [-0.3, -0.25) is 4.68 Å². The van der Waals surface area contributed by atoms with Crippen LogP contribution in [0.2, 0.25) is 0 Å². The van der Waals surface area contributed by atoms with E-state index < -0.39 is 9.84 Å². The van der Waals surface area contributed by atoms with Crippen molar-refractivity contribution >= 4 is 15.7 Å². The zero-order valence-electron chi connectivity index (χ0n) is 10.0. The molecule has 1 aromatic rings. The highest BCUT2D eigenvalue weighted by atomic mass is 32.2. The summed E-state index contributed by atoms with van der Waals surface area (Å²) in [4.78, 5) is 1.98. The van der Waals surface area contributed by atoms with Crippen LogP contribution >= 0.6 is 0 Å². The smallest absolute Gasteiger partial charge is 0.153 e. The van der Waals surface area contributed by atoms with Crippen LogP contribution in [0.1, 0.15) is 11.3 Å². The fraction of sp³-hybridized carbons (Fsp3) is 0.700. The Morgan fingerprint density at radius 3 is 2.47 bits per heavy atom. The summed E-state index contributed by atoms with van der Waals surface area (Å²) < 4.78 is 24.5. The molecule has 0 bridgehead atoms. The van der Waals surface area contributed by atoms with Gasteiger partial charge in [0.15, 0.2) is 9.84 Å². The van der Waals surface area contributed by atoms with Crippen molar-refractivity contribution in [1.29, 1.82) is 0 Å². The molecule has 1 aliphatic rings. The van der Waals surface area contributed by atoms with E-state index in [9.17, 15) is 13.5 Å². The van der Waals surface area contributed by atoms with E-state index in [-0.39, 0.29) is 18.1 Å². The summed E-state index contributed by atoms with van der Waals surface area (Å²) in [5.41, 5.74) is 1.57. The van der Waals surface area contributed by atoms with Gasteiger partial charge in [-0.1, -0.05) is 0 Å². The molecular formula is C10H17N3O3S. The van der Waals surface area contributed by atoms with Crippen LogP contribution in [0.15, 0.2) is 0 Å². The van der Waals surface area contributed by atoms with Crippen LogP contribution in [-0.4, -0.2) is 47.9 Å². The molecule has 0 aromatic carbocycles. The van der Waals surface area contributed by atoms with Gasteiger partial charge in [0.2, 0.25) is 0 Å². The molecule has 1 aliphatic heterocycles. The van der Waals surface area contributed by atoms with Crippen molar-refractivity contribution in [3.8, 4) is 0 Å². The van der Waals surface area contributed by atoms with Crippen molar-refractivity contribution in [3.05, 3.63) is 11.3 Å². The Kier molecular flexibility index (Phi) is 3.13. The normalized spacial score (nSPS) is 19.6. The molecule has 1 aromatic heterocycles. The van der Waals surface area contributed by atoms with Gasteiger partial charge in [0.25, 0.3) is 0 Å². The summed E-state index contributed by atoms with van der Waals surface area (Å²) in [5.74, 6) is 1.17. The maximum atomic E-state index is 11.4. The molecule has 6 nitrogen and oxygen atoms in total. The van der Waals surface area contributed by atoms with E-state index in [2.05, 4.69) is 5.10 Å². The van der Waals surface area contributed by atoms with Crippen LogP contribution in [-0.2, 0) is 23.5 Å². The average molecular weight is 259 g/mol. The number of hydrogen-bond donors (Lipinski definition) is 1. The molecule has 0 amide bonds. The highest BCUT2D eigenvalue weighted by Crippen LogP contribution is 2.24. The van der Waals surface area contributed by atoms with E-state index in [1.54, 1.807) is 4.68 Å². The number of rotatable bonds is 2. The van der Waals surface area contributed by atoms with Crippen molar-refractivity contribution in [3.63, 3.8) is 0 Å². The molecule has 0 saturated carbocycles. The second-order valence-electron chi connectivity index (χ2n) is 4.31. The zero-order chi connectivity index (χ0) is 12.6. The first kappa shape index (κ1) is 12.4. The van der Waals surface area contributed by atoms with Crippen molar-refractivity contribution in [1.82, 2.24) is 9.78 Å². The summed E-state index contributed by atoms with van der Waals surface area (Å²) in [5, 5.41) is 13.6. The van der Waals surface area contributed by atoms with E-state index in [4.69, 9.17) is 0 Å². The topological polar surface area (TPSA) is 75.4 Å². The second-order valence-corrected chi connectivity index (χ2v) is 6.61. The van der Waals surface area contributed by atoms with Crippen LogP contribution in [0.4, 0.5) is 5.82 Å². The third-order valence-electron chi connectivity index (χ3n) is 3.12. The van der Waals surface area contributed by atoms with Crippen LogP contribution in [0.5, 0.6) is 0 Å². The predicted molar refractivity (Wildman–Crippen MR) is 64.7 cm³/mol. The van der Waals surface area contributed by atoms with E-state index >= 15 is 0 Å². The maximum absolute atomic E-state index is 11.4. The SMILES string of the molecule is Cc1nn(C)c(N2CCS(=O)(=O)CC2)c1CO. The molecule has 1 saturated heterocycles. The van der Waals surface area contributed by atoms with Gasteiger partial charge in [-0.05, 0) is 6.92 Å². The minimum absolute atomic E-state index is 0.0712. The third kappa shape index (κ3) is 2.30. The minimum Gasteiger partial charge on any atom is -0.391 e. The van der Waals surface area contributed by atoms with Crippen molar-refractivity contribution < 1.29 is 13.5 Å². The second kappa shape index (κ2) is 4.30. The van der Waals surface area contributed by atoms with Gasteiger partial charge in [0.05, 0.1) is 23.8 Å². The Hall–Kier alpha value is -1.08. The van der Waals surface area contributed by atoms with Gasteiger partial charge in [-0.25, -0.2) is 8.42 Å². The molecule has 2 rings (SSSR count). The molecule has 17 heavy (non-hydrogen) atoms. The van der Waals surface area contributed by atoms with Gasteiger partial charge < -0.3 is 10.0 Å². The highest BCUT2D eigenvalue weighted by Gasteiger charge is 2.26. The number of nitrogens with zero attached hydrogens (tertiary/aromatic N) is 3. The Labute approximate surface area is 101 Å². The van der Waals surface area contributed by atoms with Crippen molar-refractivity contribution in [2.75, 3.05) is 29.5 Å². The monoisotopic (exact) mass is 259 g/mol. The van der Waals surface area contributed by atoms with E-state index in [1.807, 2.05) is 18.9 Å². The predicted octanol–water partition coefficient (Wildman–Crippen LogP) is -0.544. The van der Waals surface area contributed by atoms with Gasteiger partial charge >= 0.3 is 0 Å². The maximum Gasteiger partial charge on any atom is 0.153 e. The fourth-order valence-corrected chi connectivity index (χ4v) is 3.40. The van der Waals surface area contributed by atoms with Gasteiger partial charge in [-0.2, -0.15) is 5.10 Å². The molecule has 96 valence electrons. The lowest BCUT2D eigenvalue weighted by Crippen LogP contribution is -2.41. The van der Waals surface area contributed by atoms with Crippen LogP contribution < -0.4 is 4.90 Å². The number of aromatic nitrogens is 2. The van der Waals surface area contributed by atoms with Crippen LogP contribution in [0, 0.1) is 6.92 Å². The van der Waals surface area contributed by atoms with Gasteiger partial charge in [0.1, 0.15) is 5.82 Å². The van der Waals surface area contributed by atoms with E-state index in [0.29, 0.717) is 13.1 Å². The first-order valence-corrected chi connectivity index (χ1v) is 7.35. The Morgan fingerprint density at radius 2 is 1.94 bits per heavy atom. The fourth-order valence-electron chi connectivity index (χ4n) is 2.19. The molecule has 0 aliphatic carbocycles. The molecule has 1 N–H and O–H groups in total. The summed E-state index contributed by atoms with van der Waals surface area (Å²) in [6, 6.07) is 0. The molecule has 7 heteroatoms. The number of hydrogen-bond acceptors (Lipinski definition) is 5. The molecule has 0 atom stereocenters. The summed E-state index contributed by atoms with van der Waals surface area (Å²) >= 11 is 0. The lowest BCUT2D eigenvalue weighted by Gasteiger charge is -2.29. The average Bonchev–Trinajstić information content (AvgIpc) is 2.53. The minimum atomic E-state index is -2.88. The number of aliphatic hydroxyl groups excluding tert-OH is 1. The lowest BCUT2D eigenvalue weighted by atomic mass is 10.2. The van der Waals surface area contributed by atoms with Gasteiger partial charge in [-0.15, -0.1) is 0 Å². The molecule has 1 fully saturated rings. The van der Waals surface area contributed by atoms with E-state index in [0.717, 1.165) is 17.1 Å². The van der Waals surface area contributed by atoms with E-state index in [1.165, 1.54) is 0 Å². The van der Waals surface area contributed by atoms with Crippen molar-refractivity contribution in [2.45, 2.75) is 13.5 Å². The molecule has 2 heterocycles. The zero-order valence-corrected chi connectivity index (χ0v) is 10.9. The Balaban J connectivity index is 2.30. The quantitative estimate of drug-likeness (QED) is 0.771. The summed E-state index contributed by atoms with van der Waals surface area (Å²) in [6.07, 6.45) is 0. The summed E-state index contributed by atoms with van der Waals surface area (Å²) in [6.45, 7) is 2.70. The summed E-state index contributed by atoms with van der Waals surface area (Å²) in [7, 11) is -1.07. The Morgan fingerprint density at radius 1 is 1.35 bits per heavy atom. The largest absolute Gasteiger partial charge is 0.391 e. The highest BCUT2D eigenvalue weighted by molar-refractivity contribution is 7.91. The standard InChI is InChI=1S/C10H17N3O3S/c1-8-9(7-14)10(12(2)11-8)13-3-5-17(15,16)6-4-13/h14H,3-7H2,1-2H3. The molecule has 0 radical (unpaired) electrons. The molecular weight excluding hydrogens is 242 g/mol. The number of aryl methyl sites for hydroxylation is 2. The number of aliphatic hydroxyl groups is 1. The number of anilines is 1. The third-order valence-corrected chi connectivity index (χ3v) is 4.72. The van der Waals surface area contributed by atoms with Gasteiger partial charge in [0, 0.05) is 25.7 Å². The first-order valence-electron chi connectivity index (χ1n) is 5.53. The Bertz CT molecular complexity index is 507. The first-order chi connectivity index (χ1) is 7.94. The molecule has 0 unspecified atom stereocenters. The lowest BCUT2D eigenvalue weighted by molar-refractivity contribution is 0.281. The van der Waals surface area contributed by atoms with Crippen LogP contribution in [0.3, 0.4) is 0 Å². The molecule has 0 spiro atoms. The number of sulfone groups is 1. The van der Waals surface area contributed by atoms with Crippen LogP contribution in [0.25, 0.3) is 0 Å². The van der Waals surface area contributed by atoms with Crippen molar-refractivity contribution in [2.24, 2.45) is 7.05 Å².